The molecule has 0 saturated carbocycles. The number of ether oxygens (including phenoxy) is 3. The Kier molecular flexibility index (Phi) is 4.63. The van der Waals surface area contributed by atoms with Crippen molar-refractivity contribution < 1.29 is 24.1 Å². The number of carbonyl (C=O) groups is 1. The SMILES string of the molecule is COc1cccc(-c2cccc(C(=O)N[C@H]3CO[C@H]4[C@@H]3OC[C@@H]4O)c2)c1. The molecule has 2 fully saturated rings. The van der Waals surface area contributed by atoms with Gasteiger partial charge in [0.05, 0.1) is 26.4 Å². The van der Waals surface area contributed by atoms with E-state index in [0.717, 1.165) is 16.9 Å². The van der Waals surface area contributed by atoms with Crippen LogP contribution in [0.3, 0.4) is 0 Å². The third-order valence-electron chi connectivity index (χ3n) is 4.87. The zero-order valence-corrected chi connectivity index (χ0v) is 14.4. The third-order valence-corrected chi connectivity index (χ3v) is 4.87. The van der Waals surface area contributed by atoms with Gasteiger partial charge < -0.3 is 24.6 Å². The minimum absolute atomic E-state index is 0.186. The van der Waals surface area contributed by atoms with Gasteiger partial charge in [-0.3, -0.25) is 4.79 Å². The molecule has 0 aromatic heterocycles. The molecule has 0 radical (unpaired) electrons. The van der Waals surface area contributed by atoms with Crippen molar-refractivity contribution in [2.24, 2.45) is 0 Å². The predicted molar refractivity (Wildman–Crippen MR) is 95.2 cm³/mol. The topological polar surface area (TPSA) is 77.0 Å². The van der Waals surface area contributed by atoms with Gasteiger partial charge in [-0.05, 0) is 35.4 Å². The number of nitrogens with one attached hydrogen (secondary N) is 1. The Morgan fingerprint density at radius 1 is 1.08 bits per heavy atom. The molecule has 2 aromatic rings. The van der Waals surface area contributed by atoms with Crippen LogP contribution in [0.2, 0.25) is 0 Å². The highest BCUT2D eigenvalue weighted by atomic mass is 16.6. The first-order valence-corrected chi connectivity index (χ1v) is 8.62. The molecule has 1 amide bonds. The molecular formula is C20H21NO5. The average molecular weight is 355 g/mol. The van der Waals surface area contributed by atoms with Gasteiger partial charge >= 0.3 is 0 Å². The van der Waals surface area contributed by atoms with Crippen LogP contribution in [-0.2, 0) is 9.47 Å². The molecule has 26 heavy (non-hydrogen) atoms. The van der Waals surface area contributed by atoms with Crippen molar-refractivity contribution in [2.75, 3.05) is 20.3 Å². The number of rotatable bonds is 4. The van der Waals surface area contributed by atoms with Crippen molar-refractivity contribution in [3.05, 3.63) is 54.1 Å². The average Bonchev–Trinajstić information content (AvgIpc) is 3.25. The maximum atomic E-state index is 12.7. The lowest BCUT2D eigenvalue weighted by molar-refractivity contribution is 0.0178. The Morgan fingerprint density at radius 2 is 1.81 bits per heavy atom. The summed E-state index contributed by atoms with van der Waals surface area (Å²) in [5.74, 6) is 0.581. The van der Waals surface area contributed by atoms with Gasteiger partial charge in [0.1, 0.15) is 24.1 Å². The van der Waals surface area contributed by atoms with Crippen LogP contribution in [0.25, 0.3) is 11.1 Å². The van der Waals surface area contributed by atoms with Gasteiger partial charge in [-0.15, -0.1) is 0 Å². The second-order valence-electron chi connectivity index (χ2n) is 6.56. The molecule has 4 rings (SSSR count). The molecule has 6 nitrogen and oxygen atoms in total. The number of amides is 1. The van der Waals surface area contributed by atoms with Crippen LogP contribution in [0, 0.1) is 0 Å². The van der Waals surface area contributed by atoms with E-state index in [-0.39, 0.29) is 30.8 Å². The molecule has 6 heteroatoms. The van der Waals surface area contributed by atoms with Crippen LogP contribution in [0.1, 0.15) is 10.4 Å². The van der Waals surface area contributed by atoms with Crippen molar-refractivity contribution in [3.8, 4) is 16.9 Å². The Labute approximate surface area is 151 Å². The van der Waals surface area contributed by atoms with E-state index < -0.39 is 6.10 Å². The highest BCUT2D eigenvalue weighted by molar-refractivity contribution is 5.95. The molecule has 136 valence electrons. The van der Waals surface area contributed by atoms with Crippen molar-refractivity contribution in [2.45, 2.75) is 24.4 Å². The fraction of sp³-hybridized carbons (Fsp3) is 0.350. The number of benzene rings is 2. The monoisotopic (exact) mass is 355 g/mol. The molecule has 0 spiro atoms. The van der Waals surface area contributed by atoms with E-state index in [0.29, 0.717) is 12.2 Å². The largest absolute Gasteiger partial charge is 0.497 e. The van der Waals surface area contributed by atoms with Gasteiger partial charge in [0.2, 0.25) is 0 Å². The zero-order chi connectivity index (χ0) is 18.1. The van der Waals surface area contributed by atoms with Crippen molar-refractivity contribution in [3.63, 3.8) is 0 Å². The number of hydrogen-bond acceptors (Lipinski definition) is 5. The quantitative estimate of drug-likeness (QED) is 0.872. The number of aliphatic hydroxyl groups is 1. The van der Waals surface area contributed by atoms with E-state index in [4.69, 9.17) is 14.2 Å². The first kappa shape index (κ1) is 17.0. The molecule has 4 atom stereocenters. The Hall–Kier alpha value is -2.41. The minimum Gasteiger partial charge on any atom is -0.497 e. The van der Waals surface area contributed by atoms with Crippen LogP contribution >= 0.6 is 0 Å². The fourth-order valence-electron chi connectivity index (χ4n) is 3.50. The van der Waals surface area contributed by atoms with Gasteiger partial charge in [-0.25, -0.2) is 0 Å². The van der Waals surface area contributed by atoms with Crippen molar-refractivity contribution in [1.82, 2.24) is 5.32 Å². The number of carbonyl (C=O) groups excluding carboxylic acids is 1. The zero-order valence-electron chi connectivity index (χ0n) is 14.4. The molecular weight excluding hydrogens is 334 g/mol. The molecule has 0 aliphatic carbocycles. The summed E-state index contributed by atoms with van der Waals surface area (Å²) < 4.78 is 16.4. The van der Waals surface area contributed by atoms with Crippen LogP contribution < -0.4 is 10.1 Å². The molecule has 2 aliphatic rings. The summed E-state index contributed by atoms with van der Waals surface area (Å²) in [5, 5.41) is 12.8. The second-order valence-corrected chi connectivity index (χ2v) is 6.56. The summed E-state index contributed by atoms with van der Waals surface area (Å²) in [6.45, 7) is 0.584. The van der Waals surface area contributed by atoms with Crippen LogP contribution in [0.5, 0.6) is 5.75 Å². The molecule has 0 unspecified atom stereocenters. The lowest BCUT2D eigenvalue weighted by Gasteiger charge is -2.17. The normalized spacial score (nSPS) is 27.2. The lowest BCUT2D eigenvalue weighted by Crippen LogP contribution is -2.44. The second kappa shape index (κ2) is 7.07. The standard InChI is InChI=1S/C20H21NO5/c1-24-15-7-3-5-13(9-15)12-4-2-6-14(8-12)20(23)21-16-10-25-19-17(22)11-26-18(16)19/h2-9,16-19,22H,10-11H2,1H3,(H,21,23)/t16-,17-,18+,19+/m0/s1. The predicted octanol–water partition coefficient (Wildman–Crippen LogP) is 1.62. The maximum absolute atomic E-state index is 12.7. The highest BCUT2D eigenvalue weighted by Crippen LogP contribution is 2.28. The summed E-state index contributed by atoms with van der Waals surface area (Å²) in [7, 11) is 1.63. The van der Waals surface area contributed by atoms with E-state index in [2.05, 4.69) is 5.32 Å². The Morgan fingerprint density at radius 3 is 2.62 bits per heavy atom. The summed E-state index contributed by atoms with van der Waals surface area (Å²) in [4.78, 5) is 12.7. The molecule has 2 aromatic carbocycles. The number of hydrogen-bond donors (Lipinski definition) is 2. The van der Waals surface area contributed by atoms with E-state index in [9.17, 15) is 9.90 Å². The van der Waals surface area contributed by atoms with Crippen molar-refractivity contribution >= 4 is 5.91 Å². The van der Waals surface area contributed by atoms with Gasteiger partial charge in [0, 0.05) is 5.56 Å². The molecule has 0 bridgehead atoms. The lowest BCUT2D eigenvalue weighted by atomic mass is 10.0. The molecule has 2 saturated heterocycles. The van der Waals surface area contributed by atoms with E-state index in [1.165, 1.54) is 0 Å². The summed E-state index contributed by atoms with van der Waals surface area (Å²) >= 11 is 0. The molecule has 2 heterocycles. The van der Waals surface area contributed by atoms with E-state index in [1.807, 2.05) is 42.5 Å². The number of aliphatic hydroxyl groups excluding tert-OH is 1. The first-order chi connectivity index (χ1) is 12.7. The summed E-state index contributed by atoms with van der Waals surface area (Å²) in [5.41, 5.74) is 2.47. The molecule has 2 N–H and O–H groups in total. The summed E-state index contributed by atoms with van der Waals surface area (Å²) in [6, 6.07) is 14.9. The van der Waals surface area contributed by atoms with Crippen LogP contribution in [-0.4, -0.2) is 55.7 Å². The fourth-order valence-corrected chi connectivity index (χ4v) is 3.50. The Balaban J connectivity index is 1.50. The van der Waals surface area contributed by atoms with Crippen molar-refractivity contribution in [1.29, 1.82) is 0 Å². The summed E-state index contributed by atoms with van der Waals surface area (Å²) in [6.07, 6.45) is -1.28. The van der Waals surface area contributed by atoms with Crippen LogP contribution in [0.4, 0.5) is 0 Å². The maximum Gasteiger partial charge on any atom is 0.251 e. The van der Waals surface area contributed by atoms with Gasteiger partial charge in [-0.1, -0.05) is 24.3 Å². The van der Waals surface area contributed by atoms with E-state index in [1.54, 1.807) is 13.2 Å². The third kappa shape index (κ3) is 3.19. The molecule has 2 aliphatic heterocycles. The van der Waals surface area contributed by atoms with Gasteiger partial charge in [0.25, 0.3) is 5.91 Å². The highest BCUT2D eigenvalue weighted by Gasteiger charge is 2.47. The number of methoxy groups -OCH3 is 1. The first-order valence-electron chi connectivity index (χ1n) is 8.62. The smallest absolute Gasteiger partial charge is 0.251 e. The Bertz CT molecular complexity index is 808. The number of fused-ring (bicyclic) bond motifs is 1. The van der Waals surface area contributed by atoms with Crippen LogP contribution in [0.15, 0.2) is 48.5 Å². The van der Waals surface area contributed by atoms with E-state index >= 15 is 0 Å². The van der Waals surface area contributed by atoms with Gasteiger partial charge in [-0.2, -0.15) is 0 Å². The minimum atomic E-state index is -0.627. The van der Waals surface area contributed by atoms with Gasteiger partial charge in [0.15, 0.2) is 0 Å².